The number of aryl methyl sites for hydroxylation is 1. The lowest BCUT2D eigenvalue weighted by atomic mass is 10.1. The molecule has 6 heteroatoms. The molecular weight excluding hydrogens is 328 g/mol. The summed E-state index contributed by atoms with van der Waals surface area (Å²) in [4.78, 5) is 11.9. The fourth-order valence-electron chi connectivity index (χ4n) is 2.09. The van der Waals surface area contributed by atoms with Crippen LogP contribution in [0.15, 0.2) is 48.5 Å². The van der Waals surface area contributed by atoms with E-state index < -0.39 is 6.04 Å². The second kappa shape index (κ2) is 9.93. The maximum Gasteiger partial charge on any atom is 0.243 e. The molecule has 0 saturated carbocycles. The summed E-state index contributed by atoms with van der Waals surface area (Å²) in [6, 6.07) is 14.6. The van der Waals surface area contributed by atoms with Gasteiger partial charge in [0.15, 0.2) is 0 Å². The van der Waals surface area contributed by atoms with Crippen molar-refractivity contribution in [3.05, 3.63) is 59.7 Å². The molecule has 2 rings (SSSR count). The van der Waals surface area contributed by atoms with Gasteiger partial charge in [-0.1, -0.05) is 30.3 Å². The van der Waals surface area contributed by atoms with Crippen molar-refractivity contribution < 1.29 is 14.3 Å². The normalized spacial score (nSPS) is 11.3. The summed E-state index contributed by atoms with van der Waals surface area (Å²) in [6.07, 6.45) is 0. The van der Waals surface area contributed by atoms with E-state index in [9.17, 15) is 4.79 Å². The first kappa shape index (κ1) is 20.0. The Morgan fingerprint density at radius 1 is 1.21 bits per heavy atom. The van der Waals surface area contributed by atoms with Gasteiger partial charge in [-0.05, 0) is 30.2 Å². The highest BCUT2D eigenvalue weighted by atomic mass is 35.5. The Morgan fingerprint density at radius 3 is 2.67 bits per heavy atom. The molecule has 0 aliphatic rings. The van der Waals surface area contributed by atoms with Gasteiger partial charge in [0.2, 0.25) is 5.91 Å². The van der Waals surface area contributed by atoms with E-state index in [0.29, 0.717) is 18.0 Å². The van der Waals surface area contributed by atoms with Gasteiger partial charge in [-0.3, -0.25) is 4.79 Å². The summed E-state index contributed by atoms with van der Waals surface area (Å²) in [5.41, 5.74) is 8.65. The van der Waals surface area contributed by atoms with Gasteiger partial charge in [0.05, 0.1) is 6.61 Å². The number of benzene rings is 2. The highest BCUT2D eigenvalue weighted by Crippen LogP contribution is 2.19. The molecule has 1 amide bonds. The molecule has 0 aromatic heterocycles. The number of halogens is 1. The molecule has 0 fully saturated rings. The zero-order valence-electron chi connectivity index (χ0n) is 13.8. The number of carbonyl (C=O) groups is 1. The lowest BCUT2D eigenvalue weighted by Crippen LogP contribution is -2.39. The molecule has 5 nitrogen and oxygen atoms in total. The van der Waals surface area contributed by atoms with Crippen molar-refractivity contribution in [2.45, 2.75) is 19.6 Å². The van der Waals surface area contributed by atoms with E-state index in [1.807, 2.05) is 43.3 Å². The summed E-state index contributed by atoms with van der Waals surface area (Å²) in [5, 5.41) is 2.75. The third kappa shape index (κ3) is 5.85. The van der Waals surface area contributed by atoms with Gasteiger partial charge in [-0.15, -0.1) is 12.4 Å². The summed E-state index contributed by atoms with van der Waals surface area (Å²) >= 11 is 0. The lowest BCUT2D eigenvalue weighted by Gasteiger charge is -2.13. The molecule has 0 aliphatic carbocycles. The Bertz CT molecular complexity index is 664. The number of anilines is 1. The second-order valence-corrected chi connectivity index (χ2v) is 5.29. The van der Waals surface area contributed by atoms with Crippen LogP contribution in [0.2, 0.25) is 0 Å². The number of nitrogens with one attached hydrogen (secondary N) is 1. The number of nitrogens with two attached hydrogens (primary N) is 1. The van der Waals surface area contributed by atoms with Gasteiger partial charge >= 0.3 is 0 Å². The van der Waals surface area contributed by atoms with Gasteiger partial charge < -0.3 is 20.5 Å². The van der Waals surface area contributed by atoms with Crippen LogP contribution in [0.5, 0.6) is 5.75 Å². The minimum absolute atomic E-state index is 0. The van der Waals surface area contributed by atoms with Crippen molar-refractivity contribution in [3.63, 3.8) is 0 Å². The van der Waals surface area contributed by atoms with Crippen LogP contribution in [0.3, 0.4) is 0 Å². The van der Waals surface area contributed by atoms with Gasteiger partial charge in [-0.2, -0.15) is 0 Å². The average Bonchev–Trinajstić information content (AvgIpc) is 2.54. The second-order valence-electron chi connectivity index (χ2n) is 5.29. The monoisotopic (exact) mass is 350 g/mol. The molecule has 24 heavy (non-hydrogen) atoms. The molecular formula is C18H23ClN2O3. The van der Waals surface area contributed by atoms with Crippen molar-refractivity contribution in [1.29, 1.82) is 0 Å². The Labute approximate surface area is 148 Å². The minimum atomic E-state index is -0.698. The van der Waals surface area contributed by atoms with E-state index >= 15 is 0 Å². The van der Waals surface area contributed by atoms with Gasteiger partial charge in [0, 0.05) is 18.9 Å². The molecule has 0 spiro atoms. The Balaban J connectivity index is 0.00000288. The number of amides is 1. The summed E-state index contributed by atoms with van der Waals surface area (Å²) in [6.45, 7) is 2.70. The molecule has 0 heterocycles. The van der Waals surface area contributed by atoms with Crippen LogP contribution in [0, 0.1) is 6.92 Å². The topological polar surface area (TPSA) is 73.6 Å². The average molecular weight is 351 g/mol. The predicted molar refractivity (Wildman–Crippen MR) is 97.7 cm³/mol. The molecule has 130 valence electrons. The molecule has 1 unspecified atom stereocenters. The smallest absolute Gasteiger partial charge is 0.243 e. The molecule has 3 N–H and O–H groups in total. The van der Waals surface area contributed by atoms with Crippen molar-refractivity contribution in [3.8, 4) is 5.75 Å². The highest BCUT2D eigenvalue weighted by Gasteiger charge is 2.13. The molecule has 2 aromatic rings. The van der Waals surface area contributed by atoms with Crippen LogP contribution in [0.25, 0.3) is 0 Å². The highest BCUT2D eigenvalue weighted by molar-refractivity contribution is 5.94. The van der Waals surface area contributed by atoms with Crippen LogP contribution in [0.4, 0.5) is 5.69 Å². The molecule has 0 bridgehead atoms. The number of ether oxygens (including phenoxy) is 2. The zero-order chi connectivity index (χ0) is 16.7. The number of carbonyl (C=O) groups excluding carboxylic acids is 1. The summed E-state index contributed by atoms with van der Waals surface area (Å²) in [7, 11) is 1.51. The standard InChI is InChI=1S/C18H22N2O3.ClH/c1-13-6-3-4-7-14(13)11-23-16-9-5-8-15(10-16)20-18(21)17(19)12-22-2;/h3-10,17H,11-12,19H2,1-2H3,(H,20,21);1H. The number of hydrogen-bond acceptors (Lipinski definition) is 4. The Morgan fingerprint density at radius 2 is 1.96 bits per heavy atom. The number of methoxy groups -OCH3 is 1. The molecule has 1 atom stereocenters. The Hall–Kier alpha value is -2.08. The fraction of sp³-hybridized carbons (Fsp3) is 0.278. The van der Waals surface area contributed by atoms with Crippen molar-refractivity contribution in [1.82, 2.24) is 0 Å². The van der Waals surface area contributed by atoms with E-state index in [1.54, 1.807) is 12.1 Å². The summed E-state index contributed by atoms with van der Waals surface area (Å²) in [5.74, 6) is 0.397. The number of rotatable bonds is 7. The lowest BCUT2D eigenvalue weighted by molar-refractivity contribution is -0.118. The van der Waals surface area contributed by atoms with Crippen molar-refractivity contribution in [2.24, 2.45) is 5.73 Å². The SMILES string of the molecule is COCC(N)C(=O)Nc1cccc(OCc2ccccc2C)c1.Cl. The largest absolute Gasteiger partial charge is 0.489 e. The van der Waals surface area contributed by atoms with E-state index in [1.165, 1.54) is 12.7 Å². The van der Waals surface area contributed by atoms with Crippen molar-refractivity contribution in [2.75, 3.05) is 19.0 Å². The molecule has 0 saturated heterocycles. The van der Waals surface area contributed by atoms with E-state index in [0.717, 1.165) is 5.56 Å². The summed E-state index contributed by atoms with van der Waals surface area (Å²) < 4.78 is 10.7. The predicted octanol–water partition coefficient (Wildman–Crippen LogP) is 2.91. The number of hydrogen-bond donors (Lipinski definition) is 2. The third-order valence-electron chi connectivity index (χ3n) is 3.44. The van der Waals surface area contributed by atoms with Gasteiger partial charge in [0.25, 0.3) is 0 Å². The molecule has 0 aliphatic heterocycles. The van der Waals surface area contributed by atoms with E-state index in [4.69, 9.17) is 15.2 Å². The first-order valence-corrected chi connectivity index (χ1v) is 7.43. The van der Waals surface area contributed by atoms with Crippen LogP contribution in [-0.4, -0.2) is 25.7 Å². The third-order valence-corrected chi connectivity index (χ3v) is 3.44. The van der Waals surface area contributed by atoms with E-state index in [-0.39, 0.29) is 24.9 Å². The molecule has 2 aromatic carbocycles. The van der Waals surface area contributed by atoms with Gasteiger partial charge in [0.1, 0.15) is 18.4 Å². The van der Waals surface area contributed by atoms with Crippen molar-refractivity contribution >= 4 is 24.0 Å². The Kier molecular flexibility index (Phi) is 8.26. The first-order chi connectivity index (χ1) is 11.1. The minimum Gasteiger partial charge on any atom is -0.489 e. The molecule has 0 radical (unpaired) electrons. The zero-order valence-corrected chi connectivity index (χ0v) is 14.6. The van der Waals surface area contributed by atoms with Crippen LogP contribution >= 0.6 is 12.4 Å². The van der Waals surface area contributed by atoms with Crippen LogP contribution in [0.1, 0.15) is 11.1 Å². The van der Waals surface area contributed by atoms with Crippen LogP contribution in [-0.2, 0) is 16.1 Å². The van der Waals surface area contributed by atoms with Crippen LogP contribution < -0.4 is 15.8 Å². The quantitative estimate of drug-likeness (QED) is 0.805. The van der Waals surface area contributed by atoms with E-state index in [2.05, 4.69) is 5.32 Å². The first-order valence-electron chi connectivity index (χ1n) is 7.43. The maximum atomic E-state index is 11.9. The maximum absolute atomic E-state index is 11.9. The fourth-order valence-corrected chi connectivity index (χ4v) is 2.09. The van der Waals surface area contributed by atoms with Gasteiger partial charge in [-0.25, -0.2) is 0 Å².